The van der Waals surface area contributed by atoms with Crippen LogP contribution in [-0.4, -0.2) is 73.2 Å². The van der Waals surface area contributed by atoms with Gasteiger partial charge < -0.3 is 9.64 Å². The van der Waals surface area contributed by atoms with Gasteiger partial charge in [0, 0.05) is 32.2 Å². The highest BCUT2D eigenvalue weighted by atomic mass is 19.4. The Kier molecular flexibility index (Phi) is 4.19. The van der Waals surface area contributed by atoms with Gasteiger partial charge in [-0.3, -0.25) is 9.69 Å². The first-order chi connectivity index (χ1) is 9.23. The van der Waals surface area contributed by atoms with Gasteiger partial charge >= 0.3 is 18.0 Å². The number of carbonyl (C=O) groups excluding carboxylic acids is 1. The quantitative estimate of drug-likeness (QED) is 0.717. The van der Waals surface area contributed by atoms with Crippen molar-refractivity contribution in [3.8, 4) is 0 Å². The molecule has 0 aromatic rings. The van der Waals surface area contributed by atoms with Crippen LogP contribution in [0.5, 0.6) is 0 Å². The molecule has 20 heavy (non-hydrogen) atoms. The van der Waals surface area contributed by atoms with Crippen LogP contribution in [0.2, 0.25) is 0 Å². The van der Waals surface area contributed by atoms with Crippen molar-refractivity contribution >= 4 is 5.91 Å². The van der Waals surface area contributed by atoms with Crippen LogP contribution in [0.1, 0.15) is 6.42 Å². The molecule has 116 valence electrons. The van der Waals surface area contributed by atoms with Gasteiger partial charge in [-0.1, -0.05) is 0 Å². The van der Waals surface area contributed by atoms with E-state index in [1.807, 2.05) is 4.90 Å². The Balaban J connectivity index is 1.97. The Morgan fingerprint density at radius 1 is 1.05 bits per heavy atom. The van der Waals surface area contributed by atoms with Gasteiger partial charge in [-0.2, -0.15) is 22.0 Å². The standard InChI is InChI=1S/C11H15F5N2O2/c12-10(13,11(14,15)16)9(19)18-2-1-8(7-18)17-3-5-20-6-4-17/h8H,1-7H2. The van der Waals surface area contributed by atoms with Crippen molar-refractivity contribution in [3.05, 3.63) is 0 Å². The Morgan fingerprint density at radius 2 is 1.65 bits per heavy atom. The summed E-state index contributed by atoms with van der Waals surface area (Å²) in [6.07, 6.45) is -5.44. The Hall–Kier alpha value is -0.960. The van der Waals surface area contributed by atoms with E-state index < -0.39 is 18.0 Å². The molecule has 0 aromatic heterocycles. The molecule has 0 aliphatic carbocycles. The molecular weight excluding hydrogens is 287 g/mol. The number of likely N-dealkylation sites (tertiary alicyclic amines) is 1. The van der Waals surface area contributed by atoms with Gasteiger partial charge in [0.2, 0.25) is 0 Å². The molecule has 2 rings (SSSR count). The minimum Gasteiger partial charge on any atom is -0.379 e. The molecule has 2 fully saturated rings. The Bertz CT molecular complexity index is 368. The zero-order valence-corrected chi connectivity index (χ0v) is 10.6. The van der Waals surface area contributed by atoms with Crippen molar-refractivity contribution in [1.29, 1.82) is 0 Å². The summed E-state index contributed by atoms with van der Waals surface area (Å²) in [7, 11) is 0. The number of halogens is 5. The zero-order valence-electron chi connectivity index (χ0n) is 10.6. The lowest BCUT2D eigenvalue weighted by Gasteiger charge is -2.32. The van der Waals surface area contributed by atoms with E-state index in [9.17, 15) is 26.7 Å². The van der Waals surface area contributed by atoms with Crippen molar-refractivity contribution in [2.75, 3.05) is 39.4 Å². The van der Waals surface area contributed by atoms with Crippen LogP contribution >= 0.6 is 0 Å². The van der Waals surface area contributed by atoms with E-state index in [2.05, 4.69) is 0 Å². The summed E-state index contributed by atoms with van der Waals surface area (Å²) >= 11 is 0. The number of alkyl halides is 5. The Morgan fingerprint density at radius 3 is 2.20 bits per heavy atom. The summed E-state index contributed by atoms with van der Waals surface area (Å²) in [5.41, 5.74) is 0. The molecule has 0 N–H and O–H groups in total. The number of rotatable bonds is 2. The fourth-order valence-electron chi connectivity index (χ4n) is 2.49. The maximum atomic E-state index is 13.0. The highest BCUT2D eigenvalue weighted by Gasteiger charge is 2.65. The number of morpholine rings is 1. The van der Waals surface area contributed by atoms with Crippen LogP contribution < -0.4 is 0 Å². The highest BCUT2D eigenvalue weighted by Crippen LogP contribution is 2.37. The van der Waals surface area contributed by atoms with Crippen LogP contribution in [0.4, 0.5) is 22.0 Å². The first-order valence-electron chi connectivity index (χ1n) is 6.29. The molecule has 1 atom stereocenters. The third kappa shape index (κ3) is 2.88. The Labute approximate surface area is 112 Å². The normalized spacial score (nSPS) is 26.1. The van der Waals surface area contributed by atoms with E-state index in [1.54, 1.807) is 0 Å². The first kappa shape index (κ1) is 15.4. The third-order valence-corrected chi connectivity index (χ3v) is 3.64. The maximum Gasteiger partial charge on any atom is 0.463 e. The monoisotopic (exact) mass is 302 g/mol. The second kappa shape index (κ2) is 5.44. The molecule has 1 amide bonds. The zero-order chi connectivity index (χ0) is 15.0. The van der Waals surface area contributed by atoms with Crippen molar-refractivity contribution in [1.82, 2.24) is 9.80 Å². The van der Waals surface area contributed by atoms with Crippen LogP contribution in [0.15, 0.2) is 0 Å². The molecule has 0 aromatic carbocycles. The van der Waals surface area contributed by atoms with Gasteiger partial charge in [0.15, 0.2) is 0 Å². The van der Waals surface area contributed by atoms with Crippen LogP contribution in [0, 0.1) is 0 Å². The van der Waals surface area contributed by atoms with E-state index in [-0.39, 0.29) is 19.1 Å². The molecule has 0 bridgehead atoms. The average molecular weight is 302 g/mol. The number of nitrogens with zero attached hydrogens (tertiary/aromatic N) is 2. The summed E-state index contributed by atoms with van der Waals surface area (Å²) in [4.78, 5) is 13.9. The molecule has 1 unspecified atom stereocenters. The van der Waals surface area contributed by atoms with Crippen LogP contribution in [0.3, 0.4) is 0 Å². The molecule has 9 heteroatoms. The van der Waals surface area contributed by atoms with Gasteiger partial charge in [-0.05, 0) is 6.42 Å². The molecule has 2 aliphatic heterocycles. The summed E-state index contributed by atoms with van der Waals surface area (Å²) in [6, 6.07) is -0.174. The number of hydrogen-bond donors (Lipinski definition) is 0. The molecule has 0 spiro atoms. The number of ether oxygens (including phenoxy) is 1. The molecule has 2 heterocycles. The second-order valence-corrected chi connectivity index (χ2v) is 4.91. The fraction of sp³-hybridized carbons (Fsp3) is 0.909. The summed E-state index contributed by atoms with van der Waals surface area (Å²) in [5.74, 6) is -7.46. The number of carbonyl (C=O) groups is 1. The van der Waals surface area contributed by atoms with Gasteiger partial charge in [0.1, 0.15) is 0 Å². The molecule has 2 saturated heterocycles. The fourth-order valence-corrected chi connectivity index (χ4v) is 2.49. The smallest absolute Gasteiger partial charge is 0.379 e. The minimum atomic E-state index is -5.85. The van der Waals surface area contributed by atoms with E-state index in [1.165, 1.54) is 0 Å². The molecular formula is C11H15F5N2O2. The minimum absolute atomic E-state index is 0.0769. The van der Waals surface area contributed by atoms with E-state index in [0.717, 1.165) is 0 Å². The summed E-state index contributed by atoms with van der Waals surface area (Å²) < 4.78 is 67.6. The lowest BCUT2D eigenvalue weighted by molar-refractivity contribution is -0.274. The van der Waals surface area contributed by atoms with E-state index in [4.69, 9.17) is 4.74 Å². The maximum absolute atomic E-state index is 13.0. The second-order valence-electron chi connectivity index (χ2n) is 4.91. The summed E-state index contributed by atoms with van der Waals surface area (Å²) in [6.45, 7) is 2.04. The van der Waals surface area contributed by atoms with Crippen molar-refractivity contribution in [2.24, 2.45) is 0 Å². The van der Waals surface area contributed by atoms with Gasteiger partial charge in [0.25, 0.3) is 0 Å². The highest BCUT2D eigenvalue weighted by molar-refractivity contribution is 5.84. The lowest BCUT2D eigenvalue weighted by atomic mass is 10.2. The van der Waals surface area contributed by atoms with Gasteiger partial charge in [-0.15, -0.1) is 0 Å². The van der Waals surface area contributed by atoms with Crippen molar-refractivity contribution in [2.45, 2.75) is 24.6 Å². The molecule has 4 nitrogen and oxygen atoms in total. The van der Waals surface area contributed by atoms with Crippen LogP contribution in [0.25, 0.3) is 0 Å². The van der Waals surface area contributed by atoms with E-state index >= 15 is 0 Å². The molecule has 0 radical (unpaired) electrons. The predicted molar refractivity (Wildman–Crippen MR) is 58.4 cm³/mol. The average Bonchev–Trinajstić information content (AvgIpc) is 2.87. The molecule has 2 aliphatic rings. The molecule has 0 saturated carbocycles. The number of hydrogen-bond acceptors (Lipinski definition) is 3. The predicted octanol–water partition coefficient (Wildman–Crippen LogP) is 1.12. The topological polar surface area (TPSA) is 32.8 Å². The van der Waals surface area contributed by atoms with Gasteiger partial charge in [0.05, 0.1) is 13.2 Å². The summed E-state index contributed by atoms with van der Waals surface area (Å²) in [5, 5.41) is 0. The van der Waals surface area contributed by atoms with Crippen molar-refractivity contribution in [3.63, 3.8) is 0 Å². The first-order valence-corrected chi connectivity index (χ1v) is 6.29. The SMILES string of the molecule is O=C(N1CCC(N2CCOCC2)C1)C(F)(F)C(F)(F)F. The van der Waals surface area contributed by atoms with Gasteiger partial charge in [-0.25, -0.2) is 0 Å². The largest absolute Gasteiger partial charge is 0.463 e. The van der Waals surface area contributed by atoms with Crippen molar-refractivity contribution < 1.29 is 31.5 Å². The lowest BCUT2D eigenvalue weighted by Crippen LogP contribution is -2.52. The number of amides is 1. The third-order valence-electron chi connectivity index (χ3n) is 3.64. The van der Waals surface area contributed by atoms with E-state index in [0.29, 0.717) is 37.6 Å². The van der Waals surface area contributed by atoms with Crippen LogP contribution in [-0.2, 0) is 9.53 Å².